The summed E-state index contributed by atoms with van der Waals surface area (Å²) in [7, 11) is 0. The summed E-state index contributed by atoms with van der Waals surface area (Å²) in [6.45, 7) is 8.18. The summed E-state index contributed by atoms with van der Waals surface area (Å²) < 4.78 is 10.0. The lowest BCUT2D eigenvalue weighted by atomic mass is 9.84. The van der Waals surface area contributed by atoms with Crippen LogP contribution in [0.15, 0.2) is 194 Å². The second-order valence-electron chi connectivity index (χ2n) is 20.4. The molecule has 6 aromatic rings. The number of benzene rings is 6. The zero-order chi connectivity index (χ0) is 55.5. The van der Waals surface area contributed by atoms with Gasteiger partial charge in [-0.1, -0.05) is 202 Å². The van der Waals surface area contributed by atoms with Gasteiger partial charge in [0, 0.05) is 12.2 Å². The van der Waals surface area contributed by atoms with Crippen LogP contribution in [-0.4, -0.2) is 83.4 Å². The Balaban J connectivity index is 1.19. The molecule has 78 heavy (non-hydrogen) atoms. The van der Waals surface area contributed by atoms with E-state index in [1.54, 1.807) is 52.5 Å². The fraction of sp³-hybridized carbons (Fsp3) is 0.312. The number of nitrogens with one attached hydrogen (secondary N) is 4. The molecule has 0 aromatic heterocycles. The van der Waals surface area contributed by atoms with Crippen LogP contribution >= 0.6 is 23.5 Å². The summed E-state index contributed by atoms with van der Waals surface area (Å²) in [6.07, 6.45) is 2.08. The largest absolute Gasteiger partial charge is 0.460 e. The maximum absolute atomic E-state index is 14.8. The molecule has 1 aliphatic heterocycles. The van der Waals surface area contributed by atoms with Gasteiger partial charge in [-0.15, -0.1) is 23.5 Å². The molecule has 0 radical (unpaired) electrons. The maximum atomic E-state index is 14.8. The lowest BCUT2D eigenvalue weighted by molar-refractivity contribution is -0.155. The lowest BCUT2D eigenvalue weighted by Gasteiger charge is -2.37. The van der Waals surface area contributed by atoms with E-state index in [0.717, 1.165) is 33.4 Å². The standard InChI is InChI=1S/C64H70N4O8S2/c1-45(2)58-61(74)65-43-57(71)75-52(38-24-25-41-77-63(46-26-12-6-13-27-46,47-28-14-7-15-29-47)48-30-16-8-17-31-48)42-55(69)66-53(39-40-56(70)76-62(3,4)5)59(72)67-54(60(73)68-58)44-78-64(49-32-18-9-19-33-49,50-34-20-10-21-35-50)51-36-22-11-23-37-51/h6-24,26-38,45,52-54,58H,25,39-44H2,1-5H3,(H,65,74)(H,66,69)(H,67,72)(H,68,73)/b38-24+/t52-,53-,54-,58-/m1/s1. The SMILES string of the molecule is CC(C)[C@H]1NC(=O)[C@@H](CSC(c2ccccc2)(c2ccccc2)c2ccccc2)NC(=O)[C@@H](CCC(=O)OC(C)(C)C)NC(=O)C[C@@H](/C=C/CCSC(c2ccccc2)(c2ccccc2)c2ccccc2)OC(=O)CNC1=O. The highest BCUT2D eigenvalue weighted by molar-refractivity contribution is 8.00. The third kappa shape index (κ3) is 15.4. The Bertz CT molecular complexity index is 2750. The van der Waals surface area contributed by atoms with Gasteiger partial charge in [-0.05, 0) is 84.7 Å². The summed E-state index contributed by atoms with van der Waals surface area (Å²) in [5, 5.41) is 11.3. The van der Waals surface area contributed by atoms with E-state index in [2.05, 4.69) is 57.7 Å². The van der Waals surface area contributed by atoms with E-state index in [9.17, 15) is 28.8 Å². The first-order chi connectivity index (χ1) is 37.6. The molecule has 0 spiro atoms. The van der Waals surface area contributed by atoms with E-state index in [4.69, 9.17) is 9.47 Å². The van der Waals surface area contributed by atoms with Crippen LogP contribution in [0.3, 0.4) is 0 Å². The second kappa shape index (κ2) is 27.8. The van der Waals surface area contributed by atoms with E-state index in [1.165, 1.54) is 11.8 Å². The molecule has 1 aliphatic rings. The van der Waals surface area contributed by atoms with E-state index >= 15 is 0 Å². The fourth-order valence-corrected chi connectivity index (χ4v) is 12.5. The van der Waals surface area contributed by atoms with Gasteiger partial charge in [0.25, 0.3) is 0 Å². The average molecular weight is 1090 g/mol. The van der Waals surface area contributed by atoms with E-state index < -0.39 is 93.8 Å². The zero-order valence-corrected chi connectivity index (χ0v) is 46.5. The summed E-state index contributed by atoms with van der Waals surface area (Å²) in [6, 6.07) is 56.8. The molecule has 4 amide bonds. The lowest BCUT2D eigenvalue weighted by Crippen LogP contribution is -2.59. The second-order valence-corrected chi connectivity index (χ2v) is 23.0. The number of amides is 4. The maximum Gasteiger partial charge on any atom is 0.326 e. The first-order valence-corrected chi connectivity index (χ1v) is 28.4. The monoisotopic (exact) mass is 1090 g/mol. The highest BCUT2D eigenvalue weighted by Gasteiger charge is 2.41. The highest BCUT2D eigenvalue weighted by Crippen LogP contribution is 2.50. The minimum atomic E-state index is -1.34. The Morgan fingerprint density at radius 3 is 1.44 bits per heavy atom. The minimum absolute atomic E-state index is 0.0178. The fourth-order valence-electron chi connectivity index (χ4n) is 9.51. The molecule has 0 unspecified atom stereocenters. The van der Waals surface area contributed by atoms with Crippen molar-refractivity contribution in [2.45, 2.75) is 99.6 Å². The molecule has 1 heterocycles. The van der Waals surface area contributed by atoms with Gasteiger partial charge < -0.3 is 30.7 Å². The van der Waals surface area contributed by atoms with Crippen LogP contribution in [0, 0.1) is 5.92 Å². The molecule has 4 N–H and O–H groups in total. The minimum Gasteiger partial charge on any atom is -0.460 e. The molecule has 6 aromatic carbocycles. The molecule has 1 saturated heterocycles. The van der Waals surface area contributed by atoms with Gasteiger partial charge in [0.15, 0.2) is 0 Å². The van der Waals surface area contributed by atoms with Gasteiger partial charge in [-0.3, -0.25) is 28.8 Å². The number of cyclic esters (lactones) is 1. The van der Waals surface area contributed by atoms with Gasteiger partial charge in [-0.25, -0.2) is 0 Å². The molecule has 12 nitrogen and oxygen atoms in total. The highest BCUT2D eigenvalue weighted by atomic mass is 32.2. The number of esters is 2. The number of thioether (sulfide) groups is 2. The van der Waals surface area contributed by atoms with Crippen LogP contribution in [-0.2, 0) is 47.7 Å². The normalized spacial score (nSPS) is 18.3. The Kier molecular flexibility index (Phi) is 20.7. The van der Waals surface area contributed by atoms with Gasteiger partial charge in [0.1, 0.15) is 36.4 Å². The Hall–Kier alpha value is -7.42. The quantitative estimate of drug-likeness (QED) is 0.0281. The molecule has 406 valence electrons. The Labute approximate surface area is 467 Å². The number of ether oxygens (including phenoxy) is 2. The van der Waals surface area contributed by atoms with E-state index in [0.29, 0.717) is 12.2 Å². The Morgan fingerprint density at radius 1 is 0.590 bits per heavy atom. The van der Waals surface area contributed by atoms with Crippen molar-refractivity contribution in [3.05, 3.63) is 228 Å². The molecule has 1 fully saturated rings. The predicted octanol–water partition coefficient (Wildman–Crippen LogP) is 10.0. The van der Waals surface area contributed by atoms with Crippen LogP contribution in [0.1, 0.15) is 93.7 Å². The van der Waals surface area contributed by atoms with Crippen LogP contribution in [0.2, 0.25) is 0 Å². The van der Waals surface area contributed by atoms with Crippen LogP contribution < -0.4 is 21.3 Å². The smallest absolute Gasteiger partial charge is 0.326 e. The molecule has 14 heteroatoms. The van der Waals surface area contributed by atoms with Gasteiger partial charge in [0.2, 0.25) is 23.6 Å². The molecular formula is C64H70N4O8S2. The summed E-state index contributed by atoms with van der Waals surface area (Å²) in [4.78, 5) is 84.7. The number of carbonyl (C=O) groups excluding carboxylic acids is 6. The number of hydrogen-bond acceptors (Lipinski definition) is 10. The van der Waals surface area contributed by atoms with Crippen molar-refractivity contribution < 1.29 is 38.2 Å². The molecule has 0 aliphatic carbocycles. The van der Waals surface area contributed by atoms with Gasteiger partial charge in [0.05, 0.1) is 15.9 Å². The van der Waals surface area contributed by atoms with Crippen molar-refractivity contribution in [3.63, 3.8) is 0 Å². The first-order valence-electron chi connectivity index (χ1n) is 26.5. The van der Waals surface area contributed by atoms with Crippen molar-refractivity contribution in [1.82, 2.24) is 21.3 Å². The zero-order valence-electron chi connectivity index (χ0n) is 44.9. The van der Waals surface area contributed by atoms with Crippen LogP contribution in [0.5, 0.6) is 0 Å². The Morgan fingerprint density at radius 2 is 1.01 bits per heavy atom. The number of rotatable bonds is 18. The third-order valence-corrected chi connectivity index (χ3v) is 16.4. The van der Waals surface area contributed by atoms with Crippen LogP contribution in [0.4, 0.5) is 0 Å². The molecule has 0 bridgehead atoms. The molecular weight excluding hydrogens is 1020 g/mol. The van der Waals surface area contributed by atoms with Crippen molar-refractivity contribution in [3.8, 4) is 0 Å². The number of allylic oxidation sites excluding steroid dienone is 1. The van der Waals surface area contributed by atoms with Crippen molar-refractivity contribution in [2.75, 3.05) is 18.1 Å². The van der Waals surface area contributed by atoms with Gasteiger partial charge >= 0.3 is 11.9 Å². The van der Waals surface area contributed by atoms with Crippen molar-refractivity contribution in [2.24, 2.45) is 5.92 Å². The van der Waals surface area contributed by atoms with E-state index in [-0.39, 0.29) is 18.6 Å². The van der Waals surface area contributed by atoms with Crippen LogP contribution in [0.25, 0.3) is 0 Å². The number of hydrogen-bond donors (Lipinski definition) is 4. The average Bonchev–Trinajstić information content (AvgIpc) is 3.45. The van der Waals surface area contributed by atoms with Gasteiger partial charge in [-0.2, -0.15) is 0 Å². The number of carbonyl (C=O) groups is 6. The topological polar surface area (TPSA) is 169 Å². The first kappa shape index (κ1) is 58.3. The summed E-state index contributed by atoms with van der Waals surface area (Å²) in [5.41, 5.74) is 5.26. The van der Waals surface area contributed by atoms with E-state index in [1.807, 2.05) is 152 Å². The summed E-state index contributed by atoms with van der Waals surface area (Å²) >= 11 is 3.19. The third-order valence-electron chi connectivity index (χ3n) is 13.2. The summed E-state index contributed by atoms with van der Waals surface area (Å²) in [5.74, 6) is -3.96. The van der Waals surface area contributed by atoms with Crippen molar-refractivity contribution >= 4 is 59.1 Å². The predicted molar refractivity (Wildman–Crippen MR) is 310 cm³/mol. The molecule has 0 saturated carbocycles. The van der Waals surface area contributed by atoms with Crippen molar-refractivity contribution in [1.29, 1.82) is 0 Å². The molecule has 4 atom stereocenters. The molecule has 7 rings (SSSR count).